The zero-order valence-corrected chi connectivity index (χ0v) is 22.6. The Morgan fingerprint density at radius 3 is 2.16 bits per heavy atom. The summed E-state index contributed by atoms with van der Waals surface area (Å²) < 4.78 is 77.0. The molecule has 0 spiro atoms. The van der Waals surface area contributed by atoms with Crippen LogP contribution in [0.15, 0.2) is 71.6 Å². The highest BCUT2D eigenvalue weighted by Gasteiger charge is 2.19. The van der Waals surface area contributed by atoms with Crippen molar-refractivity contribution in [3.05, 3.63) is 72.5 Å². The normalized spacial score (nSPS) is 11.5. The molecule has 0 unspecified atom stereocenters. The largest absolute Gasteiger partial charge is 0.497 e. The van der Waals surface area contributed by atoms with Gasteiger partial charge in [0.15, 0.2) is 0 Å². The van der Waals surface area contributed by atoms with Gasteiger partial charge in [0.2, 0.25) is 15.9 Å². The first-order chi connectivity index (χ1) is 17.9. The van der Waals surface area contributed by atoms with Crippen LogP contribution < -0.4 is 23.8 Å². The number of sulfonamides is 2. The smallest absolute Gasteiger partial charge is 0.262 e. The third-order valence-electron chi connectivity index (χ3n) is 5.38. The van der Waals surface area contributed by atoms with Gasteiger partial charge < -0.3 is 14.8 Å². The van der Waals surface area contributed by atoms with E-state index in [1.54, 1.807) is 12.1 Å². The highest BCUT2D eigenvalue weighted by molar-refractivity contribution is 7.92. The van der Waals surface area contributed by atoms with E-state index < -0.39 is 25.9 Å². The molecule has 0 saturated heterocycles. The molecule has 0 atom stereocenters. The molecule has 3 rings (SSSR count). The van der Waals surface area contributed by atoms with Crippen LogP contribution in [-0.2, 0) is 24.8 Å². The van der Waals surface area contributed by atoms with Crippen LogP contribution in [0.4, 0.5) is 21.5 Å². The molecule has 0 radical (unpaired) electrons. The molecule has 0 aromatic heterocycles. The monoisotopic (exact) mass is 565 g/mol. The van der Waals surface area contributed by atoms with Crippen molar-refractivity contribution in [2.45, 2.75) is 17.7 Å². The minimum absolute atomic E-state index is 0.00604. The number of methoxy groups -OCH3 is 2. The van der Waals surface area contributed by atoms with Crippen molar-refractivity contribution in [2.24, 2.45) is 0 Å². The number of carbonyl (C=O) groups excluding carboxylic acids is 1. The van der Waals surface area contributed by atoms with Gasteiger partial charge in [0.05, 0.1) is 36.7 Å². The number of hydrogen-bond donors (Lipinski definition) is 2. The lowest BCUT2D eigenvalue weighted by atomic mass is 10.2. The molecule has 0 aliphatic rings. The Hall–Kier alpha value is -3.84. The molecule has 0 aliphatic heterocycles. The Bertz CT molecular complexity index is 1480. The van der Waals surface area contributed by atoms with E-state index in [-0.39, 0.29) is 41.6 Å². The molecule has 10 nitrogen and oxygen atoms in total. The average molecular weight is 566 g/mol. The second-order valence-corrected chi connectivity index (χ2v) is 11.7. The van der Waals surface area contributed by atoms with Crippen LogP contribution in [0.3, 0.4) is 0 Å². The van der Waals surface area contributed by atoms with E-state index in [4.69, 9.17) is 9.47 Å². The topological polar surface area (TPSA) is 131 Å². The molecule has 0 fully saturated rings. The molecular weight excluding hydrogens is 537 g/mol. The molecule has 0 aliphatic carbocycles. The third-order valence-corrected chi connectivity index (χ3v) is 7.96. The number of carbonyl (C=O) groups is 1. The molecule has 13 heteroatoms. The summed E-state index contributed by atoms with van der Waals surface area (Å²) in [7, 11) is -4.69. The predicted molar refractivity (Wildman–Crippen MR) is 143 cm³/mol. The van der Waals surface area contributed by atoms with Gasteiger partial charge in [-0.3, -0.25) is 13.8 Å². The number of rotatable bonds is 12. The van der Waals surface area contributed by atoms with Crippen molar-refractivity contribution >= 4 is 43.0 Å². The van der Waals surface area contributed by atoms with E-state index in [0.717, 1.165) is 22.7 Å². The first-order valence-corrected chi connectivity index (χ1v) is 14.6. The minimum atomic E-state index is -3.95. The zero-order valence-electron chi connectivity index (χ0n) is 21.0. The summed E-state index contributed by atoms with van der Waals surface area (Å²) in [5, 5.41) is 2.66. The maximum Gasteiger partial charge on any atom is 0.262 e. The summed E-state index contributed by atoms with van der Waals surface area (Å²) >= 11 is 0. The maximum atomic E-state index is 13.2. The van der Waals surface area contributed by atoms with Gasteiger partial charge in [0.1, 0.15) is 17.3 Å². The van der Waals surface area contributed by atoms with Crippen molar-refractivity contribution < 1.29 is 35.5 Å². The van der Waals surface area contributed by atoms with Crippen LogP contribution in [-0.4, -0.2) is 49.8 Å². The minimum Gasteiger partial charge on any atom is -0.497 e. The molecule has 3 aromatic carbocycles. The molecule has 0 saturated carbocycles. The molecular formula is C25H28FN3O7S2. The fraction of sp³-hybridized carbons (Fsp3) is 0.240. The third kappa shape index (κ3) is 7.59. The van der Waals surface area contributed by atoms with Gasteiger partial charge in [-0.25, -0.2) is 21.2 Å². The fourth-order valence-corrected chi connectivity index (χ4v) is 5.54. The molecule has 1 amide bonds. The van der Waals surface area contributed by atoms with Gasteiger partial charge in [0, 0.05) is 24.7 Å². The molecule has 3 aromatic rings. The summed E-state index contributed by atoms with van der Waals surface area (Å²) in [6, 6.07) is 15.3. The highest BCUT2D eigenvalue weighted by atomic mass is 32.2. The molecule has 2 N–H and O–H groups in total. The quantitative estimate of drug-likeness (QED) is 0.341. The van der Waals surface area contributed by atoms with Gasteiger partial charge in [-0.05, 0) is 67.1 Å². The molecule has 0 heterocycles. The second kappa shape index (κ2) is 12.1. The first kappa shape index (κ1) is 28.7. The van der Waals surface area contributed by atoms with Crippen LogP contribution in [0.2, 0.25) is 0 Å². The number of halogens is 1. The van der Waals surface area contributed by atoms with Crippen LogP contribution >= 0.6 is 0 Å². The Balaban J connectivity index is 1.59. The van der Waals surface area contributed by atoms with Crippen molar-refractivity contribution in [1.29, 1.82) is 0 Å². The Morgan fingerprint density at radius 2 is 1.58 bits per heavy atom. The summed E-state index contributed by atoms with van der Waals surface area (Å²) in [5.74, 6) is -0.0825. The standard InChI is InChI=1S/C25H28FN3O7S2/c1-35-21-12-15-23(24(17-21)36-2)28-38(33,34)22-13-8-19(9-14-22)27-25(30)5-4-16-29(37(3,31)32)20-10-6-18(26)7-11-20/h6-15,17,28H,4-5,16H2,1-3H3,(H,27,30). The maximum absolute atomic E-state index is 13.2. The number of benzene rings is 3. The van der Waals surface area contributed by atoms with E-state index in [2.05, 4.69) is 10.0 Å². The van der Waals surface area contributed by atoms with Crippen LogP contribution in [0.5, 0.6) is 11.5 Å². The lowest BCUT2D eigenvalue weighted by Crippen LogP contribution is -2.31. The summed E-state index contributed by atoms with van der Waals surface area (Å²) in [6.45, 7) is 0.0234. The summed E-state index contributed by atoms with van der Waals surface area (Å²) in [6.07, 6.45) is 1.24. The van der Waals surface area contributed by atoms with Crippen molar-refractivity contribution in [3.8, 4) is 11.5 Å². The van der Waals surface area contributed by atoms with Crippen molar-refractivity contribution in [3.63, 3.8) is 0 Å². The van der Waals surface area contributed by atoms with Crippen LogP contribution in [0.25, 0.3) is 0 Å². The Morgan fingerprint density at radius 1 is 0.921 bits per heavy atom. The SMILES string of the molecule is COc1ccc(NS(=O)(=O)c2ccc(NC(=O)CCCN(c3ccc(F)cc3)S(C)(=O)=O)cc2)c(OC)c1. The lowest BCUT2D eigenvalue weighted by Gasteiger charge is -2.22. The average Bonchev–Trinajstić information content (AvgIpc) is 2.87. The summed E-state index contributed by atoms with van der Waals surface area (Å²) in [5.41, 5.74) is 0.899. The van der Waals surface area contributed by atoms with Crippen molar-refractivity contribution in [1.82, 2.24) is 0 Å². The first-order valence-electron chi connectivity index (χ1n) is 11.3. The van der Waals surface area contributed by atoms with E-state index in [0.29, 0.717) is 17.1 Å². The zero-order chi connectivity index (χ0) is 27.9. The highest BCUT2D eigenvalue weighted by Crippen LogP contribution is 2.31. The molecule has 204 valence electrons. The van der Waals surface area contributed by atoms with Gasteiger partial charge in [-0.2, -0.15) is 0 Å². The number of ether oxygens (including phenoxy) is 2. The Labute approximate surface area is 221 Å². The number of nitrogens with zero attached hydrogens (tertiary/aromatic N) is 1. The van der Waals surface area contributed by atoms with Gasteiger partial charge in [0.25, 0.3) is 10.0 Å². The van der Waals surface area contributed by atoms with Gasteiger partial charge >= 0.3 is 0 Å². The van der Waals surface area contributed by atoms with Gasteiger partial charge in [-0.1, -0.05) is 0 Å². The summed E-state index contributed by atoms with van der Waals surface area (Å²) in [4.78, 5) is 12.4. The van der Waals surface area contributed by atoms with Gasteiger partial charge in [-0.15, -0.1) is 0 Å². The lowest BCUT2D eigenvalue weighted by molar-refractivity contribution is -0.116. The fourth-order valence-electron chi connectivity index (χ4n) is 3.50. The van der Waals surface area contributed by atoms with Crippen LogP contribution in [0, 0.1) is 5.82 Å². The molecule has 0 bridgehead atoms. The van der Waals surface area contributed by atoms with E-state index in [9.17, 15) is 26.0 Å². The molecule has 38 heavy (non-hydrogen) atoms. The number of hydrogen-bond acceptors (Lipinski definition) is 7. The number of nitrogens with one attached hydrogen (secondary N) is 2. The number of anilines is 3. The van der Waals surface area contributed by atoms with E-state index in [1.165, 1.54) is 56.7 Å². The predicted octanol–water partition coefficient (Wildman–Crippen LogP) is 3.83. The number of amides is 1. The second-order valence-electron chi connectivity index (χ2n) is 8.16. The Kier molecular flexibility index (Phi) is 9.17. The van der Waals surface area contributed by atoms with Crippen molar-refractivity contribution in [2.75, 3.05) is 41.4 Å². The van der Waals surface area contributed by atoms with Crippen LogP contribution in [0.1, 0.15) is 12.8 Å². The van der Waals surface area contributed by atoms with E-state index >= 15 is 0 Å². The van der Waals surface area contributed by atoms with E-state index in [1.807, 2.05) is 0 Å².